The van der Waals surface area contributed by atoms with Gasteiger partial charge >= 0.3 is 0 Å². The van der Waals surface area contributed by atoms with E-state index in [1.54, 1.807) is 0 Å². The second-order valence-electron chi connectivity index (χ2n) is 4.51. The summed E-state index contributed by atoms with van der Waals surface area (Å²) in [5, 5.41) is 8.28. The van der Waals surface area contributed by atoms with Gasteiger partial charge in [-0.15, -0.1) is 5.10 Å². The molecule has 1 saturated heterocycles. The van der Waals surface area contributed by atoms with Crippen LogP contribution in [0.2, 0.25) is 0 Å². The first kappa shape index (κ1) is 10.5. The number of hydrogen-bond donors (Lipinski definition) is 1. The highest BCUT2D eigenvalue weighted by Gasteiger charge is 2.16. The van der Waals surface area contributed by atoms with Crippen LogP contribution in [0.1, 0.15) is 19.3 Å². The Hall–Kier alpha value is -1.62. The van der Waals surface area contributed by atoms with Crippen LogP contribution in [0.3, 0.4) is 0 Å². The second-order valence-corrected chi connectivity index (χ2v) is 4.51. The molecule has 2 N–H and O–H groups in total. The van der Waals surface area contributed by atoms with Crippen molar-refractivity contribution >= 4 is 16.7 Å². The Labute approximate surface area is 99.5 Å². The molecule has 1 aromatic carbocycles. The first-order chi connectivity index (χ1) is 8.33. The van der Waals surface area contributed by atoms with Crippen LogP contribution in [0.4, 0.5) is 5.69 Å². The van der Waals surface area contributed by atoms with Crippen molar-refractivity contribution < 1.29 is 4.74 Å². The Bertz CT molecular complexity index is 516. The van der Waals surface area contributed by atoms with Crippen LogP contribution in [0, 0.1) is 0 Å². The van der Waals surface area contributed by atoms with Crippen LogP contribution in [-0.2, 0) is 11.3 Å². The maximum Gasteiger partial charge on any atom is 0.115 e. The minimum atomic E-state index is 0.270. The van der Waals surface area contributed by atoms with Crippen molar-refractivity contribution in [2.45, 2.75) is 31.9 Å². The summed E-state index contributed by atoms with van der Waals surface area (Å²) in [6.45, 7) is 1.64. The van der Waals surface area contributed by atoms with Crippen molar-refractivity contribution in [1.29, 1.82) is 0 Å². The Morgan fingerprint density at radius 2 is 2.35 bits per heavy atom. The number of rotatable bonds is 2. The summed E-state index contributed by atoms with van der Waals surface area (Å²) in [6.07, 6.45) is 3.79. The van der Waals surface area contributed by atoms with Crippen LogP contribution in [0.25, 0.3) is 11.0 Å². The first-order valence-corrected chi connectivity index (χ1v) is 6.03. The fourth-order valence-corrected chi connectivity index (χ4v) is 2.27. The van der Waals surface area contributed by atoms with Gasteiger partial charge in [-0.2, -0.15) is 0 Å². The monoisotopic (exact) mass is 232 g/mol. The Morgan fingerprint density at radius 1 is 1.41 bits per heavy atom. The summed E-state index contributed by atoms with van der Waals surface area (Å²) in [5.41, 5.74) is 8.31. The van der Waals surface area contributed by atoms with Crippen molar-refractivity contribution in [1.82, 2.24) is 15.0 Å². The van der Waals surface area contributed by atoms with Gasteiger partial charge in [0.1, 0.15) is 5.52 Å². The number of aromatic nitrogens is 3. The second kappa shape index (κ2) is 4.33. The molecule has 2 heterocycles. The molecule has 0 aliphatic carbocycles. The molecule has 0 radical (unpaired) electrons. The van der Waals surface area contributed by atoms with Crippen LogP contribution in [-0.4, -0.2) is 27.7 Å². The molecule has 2 aromatic rings. The zero-order valence-electron chi connectivity index (χ0n) is 9.67. The number of nitrogens with zero attached hydrogens (tertiary/aromatic N) is 3. The normalized spacial score (nSPS) is 20.8. The van der Waals surface area contributed by atoms with Gasteiger partial charge in [-0.3, -0.25) is 0 Å². The smallest absolute Gasteiger partial charge is 0.115 e. The highest BCUT2D eigenvalue weighted by atomic mass is 16.5. The molecule has 0 saturated carbocycles. The fourth-order valence-electron chi connectivity index (χ4n) is 2.27. The number of hydrogen-bond acceptors (Lipinski definition) is 4. The number of ether oxygens (including phenoxy) is 1. The number of anilines is 1. The standard InChI is InChI=1S/C12H16N4O/c13-9-4-5-12-11(7-9)14-15-16(12)8-10-3-1-2-6-17-10/h4-5,7,10H,1-3,6,8,13H2. The molecule has 1 aliphatic rings. The first-order valence-electron chi connectivity index (χ1n) is 6.03. The van der Waals surface area contributed by atoms with E-state index in [0.717, 1.165) is 36.3 Å². The zero-order chi connectivity index (χ0) is 11.7. The summed E-state index contributed by atoms with van der Waals surface area (Å²) >= 11 is 0. The third-order valence-electron chi connectivity index (χ3n) is 3.19. The van der Waals surface area contributed by atoms with Gasteiger partial charge in [0.2, 0.25) is 0 Å². The van der Waals surface area contributed by atoms with E-state index in [1.165, 1.54) is 12.8 Å². The van der Waals surface area contributed by atoms with Crippen molar-refractivity contribution in [3.8, 4) is 0 Å². The van der Waals surface area contributed by atoms with E-state index in [2.05, 4.69) is 10.3 Å². The summed E-state index contributed by atoms with van der Waals surface area (Å²) < 4.78 is 7.62. The van der Waals surface area contributed by atoms with Crippen LogP contribution < -0.4 is 5.73 Å². The number of fused-ring (bicyclic) bond motifs is 1. The van der Waals surface area contributed by atoms with Gasteiger partial charge in [-0.05, 0) is 37.5 Å². The molecular weight excluding hydrogens is 216 g/mol. The quantitative estimate of drug-likeness (QED) is 0.798. The molecule has 0 spiro atoms. The molecular formula is C12H16N4O. The van der Waals surface area contributed by atoms with Crippen LogP contribution in [0.15, 0.2) is 18.2 Å². The fraction of sp³-hybridized carbons (Fsp3) is 0.500. The largest absolute Gasteiger partial charge is 0.399 e. The molecule has 3 rings (SSSR count). The van der Waals surface area contributed by atoms with Gasteiger partial charge in [0.25, 0.3) is 0 Å². The van der Waals surface area contributed by atoms with Gasteiger partial charge in [0, 0.05) is 12.3 Å². The molecule has 1 aromatic heterocycles. The van der Waals surface area contributed by atoms with E-state index >= 15 is 0 Å². The number of benzene rings is 1. The lowest BCUT2D eigenvalue weighted by Gasteiger charge is -2.22. The maximum absolute atomic E-state index is 5.72. The van der Waals surface area contributed by atoms with Gasteiger partial charge in [-0.25, -0.2) is 4.68 Å². The Balaban J connectivity index is 1.84. The molecule has 0 amide bonds. The molecule has 1 atom stereocenters. The van der Waals surface area contributed by atoms with E-state index in [0.29, 0.717) is 0 Å². The summed E-state index contributed by atoms with van der Waals surface area (Å²) in [7, 11) is 0. The summed E-state index contributed by atoms with van der Waals surface area (Å²) in [6, 6.07) is 5.69. The highest BCUT2D eigenvalue weighted by Crippen LogP contribution is 2.18. The predicted octanol–water partition coefficient (Wildman–Crippen LogP) is 1.58. The van der Waals surface area contributed by atoms with Crippen molar-refractivity contribution in [2.24, 2.45) is 0 Å². The number of nitrogen functional groups attached to an aromatic ring is 1. The van der Waals surface area contributed by atoms with E-state index < -0.39 is 0 Å². The van der Waals surface area contributed by atoms with Crippen molar-refractivity contribution in [3.63, 3.8) is 0 Å². The lowest BCUT2D eigenvalue weighted by molar-refractivity contribution is 0.00443. The summed E-state index contributed by atoms with van der Waals surface area (Å²) in [4.78, 5) is 0. The molecule has 1 aliphatic heterocycles. The van der Waals surface area contributed by atoms with E-state index in [-0.39, 0.29) is 6.10 Å². The third-order valence-corrected chi connectivity index (χ3v) is 3.19. The SMILES string of the molecule is Nc1ccc2c(c1)nnn2CC1CCCCO1. The highest BCUT2D eigenvalue weighted by molar-refractivity contribution is 5.77. The van der Waals surface area contributed by atoms with Crippen LogP contribution >= 0.6 is 0 Å². The minimum Gasteiger partial charge on any atom is -0.399 e. The third kappa shape index (κ3) is 2.10. The van der Waals surface area contributed by atoms with Gasteiger partial charge in [0.05, 0.1) is 18.2 Å². The number of nitrogens with two attached hydrogens (primary N) is 1. The predicted molar refractivity (Wildman–Crippen MR) is 65.5 cm³/mol. The van der Waals surface area contributed by atoms with E-state index in [9.17, 15) is 0 Å². The minimum absolute atomic E-state index is 0.270. The van der Waals surface area contributed by atoms with Crippen molar-refractivity contribution in [2.75, 3.05) is 12.3 Å². The molecule has 1 unspecified atom stereocenters. The Kier molecular flexibility index (Phi) is 2.68. The van der Waals surface area contributed by atoms with Gasteiger partial charge in [-0.1, -0.05) is 5.21 Å². The lowest BCUT2D eigenvalue weighted by atomic mass is 10.1. The van der Waals surface area contributed by atoms with Gasteiger partial charge < -0.3 is 10.5 Å². The molecule has 17 heavy (non-hydrogen) atoms. The molecule has 5 nitrogen and oxygen atoms in total. The molecule has 5 heteroatoms. The van der Waals surface area contributed by atoms with E-state index in [1.807, 2.05) is 22.9 Å². The average molecular weight is 232 g/mol. The van der Waals surface area contributed by atoms with Crippen LogP contribution in [0.5, 0.6) is 0 Å². The lowest BCUT2D eigenvalue weighted by Crippen LogP contribution is -2.24. The average Bonchev–Trinajstić information content (AvgIpc) is 2.73. The zero-order valence-corrected chi connectivity index (χ0v) is 9.67. The Morgan fingerprint density at radius 3 is 3.18 bits per heavy atom. The van der Waals surface area contributed by atoms with E-state index in [4.69, 9.17) is 10.5 Å². The van der Waals surface area contributed by atoms with Gasteiger partial charge in [0.15, 0.2) is 0 Å². The summed E-state index contributed by atoms with van der Waals surface area (Å²) in [5.74, 6) is 0. The molecule has 0 bridgehead atoms. The topological polar surface area (TPSA) is 66.0 Å². The molecule has 1 fully saturated rings. The maximum atomic E-state index is 5.72. The van der Waals surface area contributed by atoms with Crippen molar-refractivity contribution in [3.05, 3.63) is 18.2 Å². The molecule has 90 valence electrons.